The summed E-state index contributed by atoms with van der Waals surface area (Å²) in [5.41, 5.74) is 1.31. The minimum absolute atomic E-state index is 0.0571. The van der Waals surface area contributed by atoms with Crippen molar-refractivity contribution in [3.63, 3.8) is 0 Å². The van der Waals surface area contributed by atoms with Crippen LogP contribution in [-0.2, 0) is 11.2 Å². The molecule has 2 heterocycles. The second-order valence-corrected chi connectivity index (χ2v) is 3.29. The number of fused-ring (bicyclic) bond motifs is 1. The molecule has 0 saturated carbocycles. The van der Waals surface area contributed by atoms with Crippen molar-refractivity contribution in [2.45, 2.75) is 12.8 Å². The van der Waals surface area contributed by atoms with Gasteiger partial charge in [-0.3, -0.25) is 14.0 Å². The summed E-state index contributed by atoms with van der Waals surface area (Å²) >= 11 is 0. The number of imidazole rings is 1. The Balaban J connectivity index is 2.35. The van der Waals surface area contributed by atoms with E-state index in [1.165, 1.54) is 10.5 Å². The Hall–Kier alpha value is -2.04. The molecule has 0 amide bonds. The molecule has 0 aliphatic rings. The number of carboxylic acids is 1. The van der Waals surface area contributed by atoms with E-state index in [4.69, 9.17) is 5.11 Å². The van der Waals surface area contributed by atoms with Crippen molar-refractivity contribution in [3.05, 3.63) is 40.4 Å². The molecule has 2 aromatic rings. The third-order valence-electron chi connectivity index (χ3n) is 2.17. The number of aromatic amines is 1. The molecule has 0 bridgehead atoms. The summed E-state index contributed by atoms with van der Waals surface area (Å²) in [6, 6.07) is 4.89. The quantitative estimate of drug-likeness (QED) is 0.774. The molecule has 0 saturated heterocycles. The van der Waals surface area contributed by atoms with Gasteiger partial charge in [-0.2, -0.15) is 0 Å². The average Bonchev–Trinajstić information content (AvgIpc) is 2.59. The first-order valence-corrected chi connectivity index (χ1v) is 4.58. The standard InChI is InChI=1S/C10H10N2O3/c13-9-3-1-2-8-11-7(6-12(8)9)4-5-10(14)15/h1-3,6,11H,4-5H2,(H,14,15). The number of hydrogen-bond acceptors (Lipinski definition) is 2. The Morgan fingerprint density at radius 2 is 2.27 bits per heavy atom. The van der Waals surface area contributed by atoms with Crippen molar-refractivity contribution in [2.24, 2.45) is 0 Å². The zero-order valence-corrected chi connectivity index (χ0v) is 7.93. The van der Waals surface area contributed by atoms with Gasteiger partial charge in [-0.25, -0.2) is 0 Å². The maximum atomic E-state index is 11.4. The summed E-state index contributed by atoms with van der Waals surface area (Å²) in [4.78, 5) is 24.7. The lowest BCUT2D eigenvalue weighted by Gasteiger charge is -1.90. The monoisotopic (exact) mass is 206 g/mol. The first-order valence-electron chi connectivity index (χ1n) is 4.58. The third kappa shape index (κ3) is 1.90. The Morgan fingerprint density at radius 3 is 2.93 bits per heavy atom. The highest BCUT2D eigenvalue weighted by molar-refractivity contribution is 5.67. The molecule has 15 heavy (non-hydrogen) atoms. The molecule has 0 aliphatic heterocycles. The maximum Gasteiger partial charge on any atom is 0.303 e. The number of carboxylic acid groups (broad SMARTS) is 1. The molecule has 2 aromatic heterocycles. The smallest absolute Gasteiger partial charge is 0.303 e. The minimum atomic E-state index is -0.846. The molecule has 2 rings (SSSR count). The number of hydrogen-bond donors (Lipinski definition) is 2. The highest BCUT2D eigenvalue weighted by Crippen LogP contribution is 2.04. The lowest BCUT2D eigenvalue weighted by Crippen LogP contribution is -2.08. The van der Waals surface area contributed by atoms with Crippen molar-refractivity contribution in [2.75, 3.05) is 0 Å². The summed E-state index contributed by atoms with van der Waals surface area (Å²) in [7, 11) is 0. The number of aliphatic carboxylic acids is 1. The zero-order valence-electron chi connectivity index (χ0n) is 7.93. The van der Waals surface area contributed by atoms with E-state index in [0.29, 0.717) is 12.1 Å². The van der Waals surface area contributed by atoms with Crippen LogP contribution in [0.25, 0.3) is 5.65 Å². The van der Waals surface area contributed by atoms with Crippen LogP contribution in [0.4, 0.5) is 0 Å². The Bertz CT molecular complexity index is 553. The number of H-pyrrole nitrogens is 1. The first-order chi connectivity index (χ1) is 7.16. The van der Waals surface area contributed by atoms with Crippen molar-refractivity contribution in [1.29, 1.82) is 0 Å². The molecule has 5 heteroatoms. The summed E-state index contributed by atoms with van der Waals surface area (Å²) in [6.07, 6.45) is 2.10. The molecule has 5 nitrogen and oxygen atoms in total. The van der Waals surface area contributed by atoms with E-state index in [9.17, 15) is 9.59 Å². The van der Waals surface area contributed by atoms with Crippen molar-refractivity contribution in [3.8, 4) is 0 Å². The molecule has 0 aromatic carbocycles. The Morgan fingerprint density at radius 1 is 1.47 bits per heavy atom. The van der Waals surface area contributed by atoms with Gasteiger partial charge in [-0.1, -0.05) is 6.07 Å². The molecule has 0 radical (unpaired) electrons. The lowest BCUT2D eigenvalue weighted by atomic mass is 10.2. The normalized spacial score (nSPS) is 10.7. The molecule has 0 unspecified atom stereocenters. The van der Waals surface area contributed by atoms with Gasteiger partial charge in [-0.15, -0.1) is 0 Å². The number of rotatable bonds is 3. The first kappa shape index (κ1) is 9.51. The zero-order chi connectivity index (χ0) is 10.8. The maximum absolute atomic E-state index is 11.4. The van der Waals surface area contributed by atoms with Gasteiger partial charge in [0.05, 0.1) is 6.42 Å². The summed E-state index contributed by atoms with van der Waals surface area (Å²) in [5.74, 6) is -0.846. The number of aromatic nitrogens is 2. The SMILES string of the molecule is O=C(O)CCc1cn2c(=O)cccc2[nH]1. The predicted molar refractivity (Wildman–Crippen MR) is 54.0 cm³/mol. The van der Waals surface area contributed by atoms with Crippen molar-refractivity contribution >= 4 is 11.6 Å². The Kier molecular flexibility index (Phi) is 2.29. The highest BCUT2D eigenvalue weighted by atomic mass is 16.4. The predicted octanol–water partition coefficient (Wildman–Crippen LogP) is 0.645. The van der Waals surface area contributed by atoms with Gasteiger partial charge in [0.1, 0.15) is 5.65 Å². The number of pyridine rings is 1. The number of nitrogens with one attached hydrogen (secondary N) is 1. The second kappa shape index (κ2) is 3.61. The fourth-order valence-electron chi connectivity index (χ4n) is 1.46. The van der Waals surface area contributed by atoms with Gasteiger partial charge in [0, 0.05) is 18.0 Å². The summed E-state index contributed by atoms with van der Waals surface area (Å²) in [5, 5.41) is 8.52. The van der Waals surface area contributed by atoms with Crippen LogP contribution in [0, 0.1) is 0 Å². The van der Waals surface area contributed by atoms with Crippen LogP contribution in [-0.4, -0.2) is 20.5 Å². The van der Waals surface area contributed by atoms with Gasteiger partial charge in [0.15, 0.2) is 0 Å². The highest BCUT2D eigenvalue weighted by Gasteiger charge is 2.03. The van der Waals surface area contributed by atoms with Gasteiger partial charge in [0.25, 0.3) is 5.56 Å². The molecular weight excluding hydrogens is 196 g/mol. The van der Waals surface area contributed by atoms with E-state index in [-0.39, 0.29) is 12.0 Å². The topological polar surface area (TPSA) is 74.6 Å². The minimum Gasteiger partial charge on any atom is -0.481 e. The van der Waals surface area contributed by atoms with Crippen LogP contribution in [0.2, 0.25) is 0 Å². The van der Waals surface area contributed by atoms with E-state index in [2.05, 4.69) is 4.98 Å². The van der Waals surface area contributed by atoms with Crippen LogP contribution < -0.4 is 5.56 Å². The van der Waals surface area contributed by atoms with Crippen LogP contribution in [0.15, 0.2) is 29.2 Å². The van der Waals surface area contributed by atoms with E-state index >= 15 is 0 Å². The number of aryl methyl sites for hydroxylation is 1. The summed E-state index contributed by atoms with van der Waals surface area (Å²) < 4.78 is 1.47. The summed E-state index contributed by atoms with van der Waals surface area (Å²) in [6.45, 7) is 0. The van der Waals surface area contributed by atoms with Gasteiger partial charge in [0.2, 0.25) is 0 Å². The van der Waals surface area contributed by atoms with E-state index < -0.39 is 5.97 Å². The Labute approximate surface area is 85.0 Å². The van der Waals surface area contributed by atoms with E-state index in [1.807, 2.05) is 0 Å². The average molecular weight is 206 g/mol. The fourth-order valence-corrected chi connectivity index (χ4v) is 1.46. The van der Waals surface area contributed by atoms with Crippen molar-refractivity contribution < 1.29 is 9.90 Å². The van der Waals surface area contributed by atoms with E-state index in [0.717, 1.165) is 5.69 Å². The van der Waals surface area contributed by atoms with Crippen LogP contribution in [0.1, 0.15) is 12.1 Å². The van der Waals surface area contributed by atoms with Crippen LogP contribution >= 0.6 is 0 Å². The van der Waals surface area contributed by atoms with Crippen LogP contribution in [0.3, 0.4) is 0 Å². The van der Waals surface area contributed by atoms with E-state index in [1.54, 1.807) is 18.3 Å². The van der Waals surface area contributed by atoms with Gasteiger partial charge >= 0.3 is 5.97 Å². The molecule has 2 N–H and O–H groups in total. The molecular formula is C10H10N2O3. The number of nitrogens with zero attached hydrogens (tertiary/aromatic N) is 1. The number of carbonyl (C=O) groups is 1. The van der Waals surface area contributed by atoms with Crippen molar-refractivity contribution in [1.82, 2.24) is 9.38 Å². The molecule has 0 atom stereocenters. The molecule has 0 fully saturated rings. The second-order valence-electron chi connectivity index (χ2n) is 3.29. The molecule has 78 valence electrons. The molecule has 0 spiro atoms. The lowest BCUT2D eigenvalue weighted by molar-refractivity contribution is -0.136. The molecule has 0 aliphatic carbocycles. The van der Waals surface area contributed by atoms with Crippen LogP contribution in [0.5, 0.6) is 0 Å². The largest absolute Gasteiger partial charge is 0.481 e. The fraction of sp³-hybridized carbons (Fsp3) is 0.200. The van der Waals surface area contributed by atoms with Gasteiger partial charge < -0.3 is 10.1 Å². The third-order valence-corrected chi connectivity index (χ3v) is 2.17. The van der Waals surface area contributed by atoms with Gasteiger partial charge in [-0.05, 0) is 12.5 Å².